The number of halogens is 2. The maximum Gasteiger partial charge on any atom is 0.314 e. The fourth-order valence-corrected chi connectivity index (χ4v) is 1.95. The molecule has 0 heterocycles. The predicted molar refractivity (Wildman–Crippen MR) is 76.9 cm³/mol. The van der Waals surface area contributed by atoms with Gasteiger partial charge in [0.2, 0.25) is 0 Å². The molecule has 0 fully saturated rings. The molecule has 3 N–H and O–H groups in total. The molecule has 0 spiro atoms. The summed E-state index contributed by atoms with van der Waals surface area (Å²) in [6, 6.07) is 2.79. The zero-order valence-electron chi connectivity index (χ0n) is 12.3. The summed E-state index contributed by atoms with van der Waals surface area (Å²) in [4.78, 5) is 11.5. The Kier molecular flexibility index (Phi) is 7.08. The lowest BCUT2D eigenvalue weighted by Crippen LogP contribution is -2.40. The third kappa shape index (κ3) is 7.04. The van der Waals surface area contributed by atoms with Gasteiger partial charge >= 0.3 is 6.03 Å². The summed E-state index contributed by atoms with van der Waals surface area (Å²) in [5.74, 6) is -0.653. The Balaban J connectivity index is 2.26. The van der Waals surface area contributed by atoms with Crippen molar-refractivity contribution in [2.75, 3.05) is 13.1 Å². The van der Waals surface area contributed by atoms with Gasteiger partial charge in [-0.1, -0.05) is 13.8 Å². The van der Waals surface area contributed by atoms with Crippen molar-refractivity contribution in [3.63, 3.8) is 0 Å². The first kappa shape index (κ1) is 17.4. The zero-order valence-corrected chi connectivity index (χ0v) is 12.3. The van der Waals surface area contributed by atoms with Crippen molar-refractivity contribution in [2.24, 2.45) is 5.92 Å². The van der Waals surface area contributed by atoms with Crippen LogP contribution in [0.3, 0.4) is 0 Å². The Morgan fingerprint density at radius 3 is 2.67 bits per heavy atom. The first-order valence-corrected chi connectivity index (χ1v) is 7.02. The maximum absolute atomic E-state index is 13.3. The summed E-state index contributed by atoms with van der Waals surface area (Å²) >= 11 is 0. The van der Waals surface area contributed by atoms with Gasteiger partial charge in [-0.25, -0.2) is 13.6 Å². The van der Waals surface area contributed by atoms with E-state index in [-0.39, 0.29) is 25.1 Å². The van der Waals surface area contributed by atoms with E-state index < -0.39 is 23.8 Å². The van der Waals surface area contributed by atoms with Crippen molar-refractivity contribution in [3.8, 4) is 0 Å². The second-order valence-electron chi connectivity index (χ2n) is 5.41. The van der Waals surface area contributed by atoms with Crippen molar-refractivity contribution in [1.82, 2.24) is 10.6 Å². The van der Waals surface area contributed by atoms with Crippen molar-refractivity contribution < 1.29 is 18.7 Å². The number of benzene rings is 1. The first-order chi connectivity index (χ1) is 9.88. The van der Waals surface area contributed by atoms with E-state index in [4.69, 9.17) is 0 Å². The van der Waals surface area contributed by atoms with E-state index in [1.54, 1.807) is 0 Å². The van der Waals surface area contributed by atoms with E-state index >= 15 is 0 Å². The summed E-state index contributed by atoms with van der Waals surface area (Å²) in [5.41, 5.74) is 0.218. The molecule has 4 nitrogen and oxygen atoms in total. The van der Waals surface area contributed by atoms with E-state index in [0.29, 0.717) is 12.3 Å². The van der Waals surface area contributed by atoms with Crippen LogP contribution in [0, 0.1) is 17.6 Å². The number of amides is 2. The van der Waals surface area contributed by atoms with Crippen LogP contribution in [0.15, 0.2) is 18.2 Å². The Labute approximate surface area is 123 Å². The van der Waals surface area contributed by atoms with Crippen molar-refractivity contribution in [3.05, 3.63) is 35.4 Å². The quantitative estimate of drug-likeness (QED) is 0.723. The summed E-state index contributed by atoms with van der Waals surface area (Å²) in [6.45, 7) is 4.32. The van der Waals surface area contributed by atoms with Crippen LogP contribution in [-0.4, -0.2) is 30.3 Å². The number of hydrogen-bond donors (Lipinski definition) is 3. The van der Waals surface area contributed by atoms with Crippen LogP contribution in [0.4, 0.5) is 13.6 Å². The lowest BCUT2D eigenvalue weighted by molar-refractivity contribution is 0.147. The van der Waals surface area contributed by atoms with Crippen molar-refractivity contribution in [2.45, 2.75) is 32.8 Å². The van der Waals surface area contributed by atoms with Crippen molar-refractivity contribution >= 4 is 6.03 Å². The molecule has 0 aromatic heterocycles. The monoisotopic (exact) mass is 300 g/mol. The highest BCUT2D eigenvalue weighted by Crippen LogP contribution is 2.09. The average Bonchev–Trinajstić information content (AvgIpc) is 2.39. The molecule has 2 amide bonds. The van der Waals surface area contributed by atoms with Gasteiger partial charge in [0, 0.05) is 13.1 Å². The van der Waals surface area contributed by atoms with Gasteiger partial charge in [-0.2, -0.15) is 0 Å². The Bertz CT molecular complexity index is 467. The number of aliphatic hydroxyl groups is 1. The van der Waals surface area contributed by atoms with Crippen LogP contribution in [0.5, 0.6) is 0 Å². The van der Waals surface area contributed by atoms with Gasteiger partial charge in [0.1, 0.15) is 11.6 Å². The number of hydrogen-bond acceptors (Lipinski definition) is 2. The summed E-state index contributed by atoms with van der Waals surface area (Å²) in [5, 5.41) is 14.7. The molecular formula is C15H22F2N2O2. The van der Waals surface area contributed by atoms with E-state index in [1.165, 1.54) is 0 Å². The molecule has 6 heteroatoms. The second kappa shape index (κ2) is 8.56. The van der Waals surface area contributed by atoms with Gasteiger partial charge in [-0.3, -0.25) is 0 Å². The third-order valence-corrected chi connectivity index (χ3v) is 2.93. The van der Waals surface area contributed by atoms with Crippen molar-refractivity contribution in [1.29, 1.82) is 0 Å². The molecule has 1 aromatic carbocycles. The second-order valence-corrected chi connectivity index (χ2v) is 5.41. The SMILES string of the molecule is CC(C)CC(O)CNC(=O)NCCc1cc(F)ccc1F. The highest BCUT2D eigenvalue weighted by molar-refractivity contribution is 5.73. The number of carbonyl (C=O) groups excluding carboxylic acids is 1. The Morgan fingerprint density at radius 2 is 2.00 bits per heavy atom. The molecule has 118 valence electrons. The van der Waals surface area contributed by atoms with Gasteiger partial charge < -0.3 is 15.7 Å². The van der Waals surface area contributed by atoms with E-state index in [0.717, 1.165) is 18.2 Å². The minimum atomic E-state index is -0.587. The fourth-order valence-electron chi connectivity index (χ4n) is 1.95. The first-order valence-electron chi connectivity index (χ1n) is 7.02. The lowest BCUT2D eigenvalue weighted by atomic mass is 10.1. The molecule has 0 saturated heterocycles. The minimum absolute atomic E-state index is 0.165. The van der Waals surface area contributed by atoms with Crippen LogP contribution in [0.2, 0.25) is 0 Å². The normalized spacial score (nSPS) is 12.3. The van der Waals surface area contributed by atoms with Gasteiger partial charge in [0.05, 0.1) is 6.10 Å². The van der Waals surface area contributed by atoms with Crippen LogP contribution < -0.4 is 10.6 Å². The molecule has 0 aliphatic rings. The molecule has 0 aliphatic carbocycles. The highest BCUT2D eigenvalue weighted by atomic mass is 19.1. The molecular weight excluding hydrogens is 278 g/mol. The van der Waals surface area contributed by atoms with Gasteiger partial charge in [0.25, 0.3) is 0 Å². The highest BCUT2D eigenvalue weighted by Gasteiger charge is 2.09. The van der Waals surface area contributed by atoms with E-state index in [1.807, 2.05) is 13.8 Å². The summed E-state index contributed by atoms with van der Waals surface area (Å²) in [6.07, 6.45) is 0.219. The molecule has 1 aromatic rings. The molecule has 21 heavy (non-hydrogen) atoms. The predicted octanol–water partition coefficient (Wildman–Crippen LogP) is 2.21. The maximum atomic E-state index is 13.3. The lowest BCUT2D eigenvalue weighted by Gasteiger charge is -2.14. The average molecular weight is 300 g/mol. The molecule has 0 radical (unpaired) electrons. The zero-order chi connectivity index (χ0) is 15.8. The molecule has 0 bridgehead atoms. The van der Waals surface area contributed by atoms with Crippen LogP contribution in [0.25, 0.3) is 0 Å². The molecule has 1 rings (SSSR count). The topological polar surface area (TPSA) is 61.4 Å². The molecule has 1 unspecified atom stereocenters. The van der Waals surface area contributed by atoms with Gasteiger partial charge in [0.15, 0.2) is 0 Å². The smallest absolute Gasteiger partial charge is 0.314 e. The van der Waals surface area contributed by atoms with Crippen LogP contribution in [0.1, 0.15) is 25.8 Å². The minimum Gasteiger partial charge on any atom is -0.391 e. The largest absolute Gasteiger partial charge is 0.391 e. The standard InChI is InChI=1S/C15H22F2N2O2/c1-10(2)7-13(20)9-19-15(21)18-6-5-11-8-12(16)3-4-14(11)17/h3-4,8,10,13,20H,5-7,9H2,1-2H3,(H2,18,19,21). The Morgan fingerprint density at radius 1 is 1.29 bits per heavy atom. The molecule has 0 aliphatic heterocycles. The Hall–Kier alpha value is -1.69. The molecule has 0 saturated carbocycles. The van der Waals surface area contributed by atoms with Gasteiger partial charge in [-0.05, 0) is 42.5 Å². The number of urea groups is 1. The third-order valence-electron chi connectivity index (χ3n) is 2.93. The molecule has 1 atom stereocenters. The number of carbonyl (C=O) groups is 1. The van der Waals surface area contributed by atoms with E-state index in [9.17, 15) is 18.7 Å². The van der Waals surface area contributed by atoms with Crippen LogP contribution >= 0.6 is 0 Å². The fraction of sp³-hybridized carbons (Fsp3) is 0.533. The van der Waals surface area contributed by atoms with Gasteiger partial charge in [-0.15, -0.1) is 0 Å². The summed E-state index contributed by atoms with van der Waals surface area (Å²) < 4.78 is 26.3. The number of aliphatic hydroxyl groups excluding tert-OH is 1. The van der Waals surface area contributed by atoms with E-state index in [2.05, 4.69) is 10.6 Å². The summed E-state index contributed by atoms with van der Waals surface area (Å²) in [7, 11) is 0. The number of nitrogens with one attached hydrogen (secondary N) is 2. The number of rotatable bonds is 7. The van der Waals surface area contributed by atoms with Crippen LogP contribution in [-0.2, 0) is 6.42 Å².